The van der Waals surface area contributed by atoms with Crippen molar-refractivity contribution in [1.29, 1.82) is 0 Å². The summed E-state index contributed by atoms with van der Waals surface area (Å²) in [6.07, 6.45) is 1.03. The third kappa shape index (κ3) is 7.60. The van der Waals surface area contributed by atoms with E-state index in [0.29, 0.717) is 12.8 Å². The van der Waals surface area contributed by atoms with Crippen LogP contribution in [-0.2, 0) is 27.2 Å². The fourth-order valence-corrected chi connectivity index (χ4v) is 3.91. The summed E-state index contributed by atoms with van der Waals surface area (Å²) in [7, 11) is 0. The molecule has 33 heavy (non-hydrogen) atoms. The molecule has 0 amide bonds. The number of aliphatic carboxylic acids is 1. The van der Waals surface area contributed by atoms with Gasteiger partial charge in [0.15, 0.2) is 0 Å². The molecule has 3 aromatic rings. The lowest BCUT2D eigenvalue weighted by atomic mass is 9.85. The highest BCUT2D eigenvalue weighted by Crippen LogP contribution is 2.26. The summed E-state index contributed by atoms with van der Waals surface area (Å²) in [5, 5.41) is 9.94. The summed E-state index contributed by atoms with van der Waals surface area (Å²) in [4.78, 5) is 25.1. The molecule has 4 heteroatoms. The van der Waals surface area contributed by atoms with E-state index in [1.807, 2.05) is 106 Å². The van der Waals surface area contributed by atoms with Crippen LogP contribution in [0.1, 0.15) is 38.3 Å². The standard InChI is InChI=1S/C29H32O4/c1-29(2,3)33-28(32)26(19-21-10-6-4-7-11-21)20-25(27(30)31)18-22-14-16-24(17-15-22)23-12-8-5-9-13-23/h4-17,25-26H,18-20H2,1-3H3,(H,30,31)/t25-,26-/m1/s1. The number of ether oxygens (including phenoxy) is 1. The minimum Gasteiger partial charge on any atom is -0.481 e. The Bertz CT molecular complexity index is 1030. The Morgan fingerprint density at radius 2 is 1.21 bits per heavy atom. The number of carbonyl (C=O) groups excluding carboxylic acids is 1. The maximum atomic E-state index is 13.0. The van der Waals surface area contributed by atoms with Crippen molar-refractivity contribution in [1.82, 2.24) is 0 Å². The number of rotatable bonds is 9. The average Bonchev–Trinajstić information content (AvgIpc) is 2.78. The molecule has 0 aromatic heterocycles. The highest BCUT2D eigenvalue weighted by molar-refractivity contribution is 5.76. The molecule has 0 unspecified atom stereocenters. The fraction of sp³-hybridized carbons (Fsp3) is 0.310. The molecule has 0 radical (unpaired) electrons. The van der Waals surface area contributed by atoms with Gasteiger partial charge in [0.05, 0.1) is 11.8 Å². The molecular weight excluding hydrogens is 412 g/mol. The van der Waals surface area contributed by atoms with Gasteiger partial charge in [0.25, 0.3) is 0 Å². The number of carboxylic acid groups (broad SMARTS) is 1. The van der Waals surface area contributed by atoms with Gasteiger partial charge in [-0.05, 0) is 62.3 Å². The monoisotopic (exact) mass is 444 g/mol. The van der Waals surface area contributed by atoms with Crippen LogP contribution in [0.2, 0.25) is 0 Å². The van der Waals surface area contributed by atoms with Gasteiger partial charge in [-0.3, -0.25) is 9.59 Å². The molecule has 3 aromatic carbocycles. The molecule has 1 N–H and O–H groups in total. The number of benzene rings is 3. The van der Waals surface area contributed by atoms with Crippen LogP contribution >= 0.6 is 0 Å². The first-order chi connectivity index (χ1) is 15.7. The zero-order chi connectivity index (χ0) is 23.8. The van der Waals surface area contributed by atoms with Crippen LogP contribution in [0.25, 0.3) is 11.1 Å². The van der Waals surface area contributed by atoms with E-state index in [9.17, 15) is 14.7 Å². The molecule has 0 bridgehead atoms. The number of esters is 1. The zero-order valence-corrected chi connectivity index (χ0v) is 19.5. The van der Waals surface area contributed by atoms with E-state index in [1.165, 1.54) is 0 Å². The van der Waals surface area contributed by atoms with E-state index >= 15 is 0 Å². The Labute approximate surface area is 196 Å². The van der Waals surface area contributed by atoms with E-state index in [0.717, 1.165) is 22.3 Å². The van der Waals surface area contributed by atoms with Crippen molar-refractivity contribution in [3.05, 3.63) is 96.1 Å². The fourth-order valence-electron chi connectivity index (χ4n) is 3.91. The molecule has 0 saturated carbocycles. The van der Waals surface area contributed by atoms with E-state index in [2.05, 4.69) is 0 Å². The van der Waals surface area contributed by atoms with Crippen molar-refractivity contribution in [2.45, 2.75) is 45.6 Å². The van der Waals surface area contributed by atoms with Crippen LogP contribution in [0.15, 0.2) is 84.9 Å². The summed E-state index contributed by atoms with van der Waals surface area (Å²) >= 11 is 0. The smallest absolute Gasteiger partial charge is 0.309 e. The first-order valence-electron chi connectivity index (χ1n) is 11.4. The van der Waals surface area contributed by atoms with Gasteiger partial charge in [-0.1, -0.05) is 84.9 Å². The molecule has 0 fully saturated rings. The maximum absolute atomic E-state index is 13.0. The topological polar surface area (TPSA) is 63.6 Å². The molecule has 4 nitrogen and oxygen atoms in total. The van der Waals surface area contributed by atoms with E-state index in [1.54, 1.807) is 0 Å². The van der Waals surface area contributed by atoms with Gasteiger partial charge in [0.2, 0.25) is 0 Å². The minimum atomic E-state index is -0.899. The van der Waals surface area contributed by atoms with Crippen molar-refractivity contribution >= 4 is 11.9 Å². The first-order valence-corrected chi connectivity index (χ1v) is 11.4. The van der Waals surface area contributed by atoms with Gasteiger partial charge in [0.1, 0.15) is 5.60 Å². The van der Waals surface area contributed by atoms with Crippen molar-refractivity contribution in [2.75, 3.05) is 0 Å². The Hall–Kier alpha value is -3.40. The highest BCUT2D eigenvalue weighted by atomic mass is 16.6. The molecule has 0 aliphatic carbocycles. The summed E-state index contributed by atoms with van der Waals surface area (Å²) in [6, 6.07) is 27.7. The number of carboxylic acids is 1. The SMILES string of the molecule is CC(C)(C)OC(=O)[C@H](Cc1ccccc1)C[C@@H](Cc1ccc(-c2ccccc2)cc1)C(=O)O. The predicted molar refractivity (Wildman–Crippen MR) is 131 cm³/mol. The molecule has 0 heterocycles. The van der Waals surface area contributed by atoms with Crippen molar-refractivity contribution in [2.24, 2.45) is 11.8 Å². The van der Waals surface area contributed by atoms with Crippen LogP contribution in [0.4, 0.5) is 0 Å². The van der Waals surface area contributed by atoms with Gasteiger partial charge in [-0.2, -0.15) is 0 Å². The van der Waals surface area contributed by atoms with Gasteiger partial charge >= 0.3 is 11.9 Å². The Morgan fingerprint density at radius 1 is 0.727 bits per heavy atom. The third-order valence-electron chi connectivity index (χ3n) is 5.53. The molecule has 0 aliphatic heterocycles. The Kier molecular flexibility index (Phi) is 8.05. The summed E-state index contributed by atoms with van der Waals surface area (Å²) in [5.74, 6) is -2.47. The zero-order valence-electron chi connectivity index (χ0n) is 19.5. The molecule has 0 saturated heterocycles. The van der Waals surface area contributed by atoms with Crippen molar-refractivity contribution in [3.63, 3.8) is 0 Å². The van der Waals surface area contributed by atoms with E-state index in [4.69, 9.17) is 4.74 Å². The van der Waals surface area contributed by atoms with Crippen molar-refractivity contribution < 1.29 is 19.4 Å². The number of hydrogen-bond donors (Lipinski definition) is 1. The lowest BCUT2D eigenvalue weighted by Crippen LogP contribution is -2.32. The lowest BCUT2D eigenvalue weighted by molar-refractivity contribution is -0.161. The average molecular weight is 445 g/mol. The van der Waals surface area contributed by atoms with Gasteiger partial charge in [0, 0.05) is 0 Å². The summed E-state index contributed by atoms with van der Waals surface area (Å²) < 4.78 is 5.64. The molecular formula is C29H32O4. The van der Waals surface area contributed by atoms with Gasteiger partial charge in [-0.15, -0.1) is 0 Å². The molecule has 0 spiro atoms. The van der Waals surface area contributed by atoms with Crippen molar-refractivity contribution in [3.8, 4) is 11.1 Å². The van der Waals surface area contributed by atoms with Crippen LogP contribution < -0.4 is 0 Å². The number of carbonyl (C=O) groups is 2. The van der Waals surface area contributed by atoms with E-state index in [-0.39, 0.29) is 12.4 Å². The Morgan fingerprint density at radius 3 is 1.76 bits per heavy atom. The normalized spacial score (nSPS) is 13.2. The second kappa shape index (κ2) is 11.0. The van der Waals surface area contributed by atoms with Gasteiger partial charge in [-0.25, -0.2) is 0 Å². The van der Waals surface area contributed by atoms with Crippen LogP contribution in [0.3, 0.4) is 0 Å². The largest absolute Gasteiger partial charge is 0.481 e. The first kappa shape index (κ1) is 24.2. The van der Waals surface area contributed by atoms with Crippen LogP contribution in [0, 0.1) is 11.8 Å². The lowest BCUT2D eigenvalue weighted by Gasteiger charge is -2.26. The minimum absolute atomic E-state index is 0.222. The molecule has 3 rings (SSSR count). The third-order valence-corrected chi connectivity index (χ3v) is 5.53. The van der Waals surface area contributed by atoms with Crippen LogP contribution in [-0.4, -0.2) is 22.6 Å². The van der Waals surface area contributed by atoms with Gasteiger partial charge < -0.3 is 9.84 Å². The highest BCUT2D eigenvalue weighted by Gasteiger charge is 2.31. The van der Waals surface area contributed by atoms with E-state index < -0.39 is 23.4 Å². The maximum Gasteiger partial charge on any atom is 0.309 e. The quantitative estimate of drug-likeness (QED) is 0.400. The molecule has 2 atom stereocenters. The summed E-state index contributed by atoms with van der Waals surface area (Å²) in [6.45, 7) is 5.48. The summed E-state index contributed by atoms with van der Waals surface area (Å²) in [5.41, 5.74) is 3.50. The Balaban J connectivity index is 1.76. The number of hydrogen-bond acceptors (Lipinski definition) is 3. The van der Waals surface area contributed by atoms with Crippen LogP contribution in [0.5, 0.6) is 0 Å². The predicted octanol–water partition coefficient (Wildman–Crippen LogP) is 6.19. The molecule has 172 valence electrons. The second-order valence-electron chi connectivity index (χ2n) is 9.46. The molecule has 0 aliphatic rings. The second-order valence-corrected chi connectivity index (χ2v) is 9.46.